The van der Waals surface area contributed by atoms with Crippen molar-refractivity contribution in [3.63, 3.8) is 0 Å². The summed E-state index contributed by atoms with van der Waals surface area (Å²) in [5, 5.41) is 0.00995. The van der Waals surface area contributed by atoms with E-state index in [1.807, 2.05) is 0 Å². The van der Waals surface area contributed by atoms with E-state index in [1.165, 1.54) is 20.8 Å². The van der Waals surface area contributed by atoms with E-state index in [0.29, 0.717) is 0 Å². The molecule has 0 aliphatic carbocycles. The molecule has 0 bridgehead atoms. The molecule has 4 nitrogen and oxygen atoms in total. The van der Waals surface area contributed by atoms with Crippen molar-refractivity contribution in [2.24, 2.45) is 0 Å². The molecule has 0 heterocycles. The summed E-state index contributed by atoms with van der Waals surface area (Å²) in [7, 11) is -3.65. The Hall–Kier alpha value is -1.50. The molecule has 106 valence electrons. The molecule has 1 atom stereocenters. The van der Waals surface area contributed by atoms with E-state index in [1.54, 1.807) is 0 Å². The van der Waals surface area contributed by atoms with Gasteiger partial charge in [-0.3, -0.25) is 4.79 Å². The van der Waals surface area contributed by atoms with Crippen molar-refractivity contribution in [2.75, 3.05) is 5.32 Å². The molecule has 1 aromatic rings. The van der Waals surface area contributed by atoms with Gasteiger partial charge in [0.1, 0.15) is 16.9 Å². The Morgan fingerprint density at radius 2 is 1.79 bits per heavy atom. The normalized spacial score (nSPS) is 13.4. The van der Waals surface area contributed by atoms with Gasteiger partial charge in [0.05, 0.1) is 10.9 Å². The lowest BCUT2D eigenvalue weighted by atomic mass is 10.3. The van der Waals surface area contributed by atoms with Crippen LogP contribution in [0.3, 0.4) is 0 Å². The van der Waals surface area contributed by atoms with Crippen molar-refractivity contribution in [1.29, 1.82) is 0 Å². The summed E-state index contributed by atoms with van der Waals surface area (Å²) in [4.78, 5) is 11.7. The van der Waals surface area contributed by atoms with E-state index in [-0.39, 0.29) is 5.69 Å². The second kappa shape index (κ2) is 5.64. The maximum atomic E-state index is 13.3. The Bertz CT molecular complexity index is 585. The Balaban J connectivity index is 2.95. The van der Waals surface area contributed by atoms with Crippen molar-refractivity contribution in [3.05, 3.63) is 29.8 Å². The maximum absolute atomic E-state index is 13.3. The minimum atomic E-state index is -3.65. The minimum absolute atomic E-state index is 0.379. The van der Waals surface area contributed by atoms with Crippen LogP contribution in [0.25, 0.3) is 0 Å². The number of rotatable bonds is 4. The Morgan fingerprint density at radius 1 is 1.21 bits per heavy atom. The highest BCUT2D eigenvalue weighted by atomic mass is 32.2. The van der Waals surface area contributed by atoms with E-state index in [9.17, 15) is 22.0 Å². The van der Waals surface area contributed by atoms with Gasteiger partial charge in [0.25, 0.3) is 0 Å². The van der Waals surface area contributed by atoms with E-state index in [2.05, 4.69) is 5.32 Å². The van der Waals surface area contributed by atoms with Crippen molar-refractivity contribution in [1.82, 2.24) is 0 Å². The van der Waals surface area contributed by atoms with Gasteiger partial charge in [-0.15, -0.1) is 0 Å². The average Bonchev–Trinajstić information content (AvgIpc) is 2.32. The van der Waals surface area contributed by atoms with Crippen LogP contribution >= 0.6 is 0 Å². The predicted octanol–water partition coefficient (Wildman–Crippen LogP) is 2.12. The monoisotopic (exact) mass is 291 g/mol. The first kappa shape index (κ1) is 15.6. The molecule has 0 saturated heterocycles. The number of carbonyl (C=O) groups excluding carboxylic acids is 1. The summed E-state index contributed by atoms with van der Waals surface area (Å²) in [5.74, 6) is -2.45. The van der Waals surface area contributed by atoms with Crippen LogP contribution in [-0.4, -0.2) is 24.8 Å². The van der Waals surface area contributed by atoms with E-state index < -0.39 is 37.9 Å². The number of carbonyl (C=O) groups is 1. The van der Waals surface area contributed by atoms with Gasteiger partial charge in [-0.2, -0.15) is 0 Å². The van der Waals surface area contributed by atoms with E-state index >= 15 is 0 Å². The molecule has 0 spiro atoms. The smallest absolute Gasteiger partial charge is 0.242 e. The fourth-order valence-corrected chi connectivity index (χ4v) is 2.56. The highest BCUT2D eigenvalue weighted by molar-refractivity contribution is 7.93. The van der Waals surface area contributed by atoms with Gasteiger partial charge in [-0.1, -0.05) is 0 Å². The summed E-state index contributed by atoms with van der Waals surface area (Å²) in [6, 6.07) is 2.55. The van der Waals surface area contributed by atoms with Gasteiger partial charge < -0.3 is 5.32 Å². The van der Waals surface area contributed by atoms with Gasteiger partial charge in [0.2, 0.25) is 5.91 Å². The molecule has 0 aromatic heterocycles. The Labute approximate surface area is 110 Å². The zero-order valence-corrected chi connectivity index (χ0v) is 11.6. The molecule has 0 unspecified atom stereocenters. The number of anilines is 1. The molecule has 0 fully saturated rings. The van der Waals surface area contributed by atoms with Crippen LogP contribution in [0, 0.1) is 11.6 Å². The third-order valence-corrected chi connectivity index (χ3v) is 5.22. The molecule has 7 heteroatoms. The number of halogens is 2. The molecule has 1 aromatic carbocycles. The first-order chi connectivity index (χ1) is 8.66. The molecule has 1 N–H and O–H groups in total. The fraction of sp³-hybridized carbons (Fsp3) is 0.417. The summed E-state index contributed by atoms with van der Waals surface area (Å²) in [5.41, 5.74) is -0.379. The fourth-order valence-electron chi connectivity index (χ4n) is 1.39. The summed E-state index contributed by atoms with van der Waals surface area (Å²) >= 11 is 0. The number of nitrogens with one attached hydrogen (secondary N) is 1. The molecule has 19 heavy (non-hydrogen) atoms. The minimum Gasteiger partial charge on any atom is -0.322 e. The zero-order chi connectivity index (χ0) is 14.8. The third-order valence-electron chi connectivity index (χ3n) is 2.71. The summed E-state index contributed by atoms with van der Waals surface area (Å²) in [6.07, 6.45) is 0. The lowest BCUT2D eigenvalue weighted by molar-refractivity contribution is -0.115. The first-order valence-corrected chi connectivity index (χ1v) is 7.26. The molecular formula is C12H15F2NO3S. The van der Waals surface area contributed by atoms with Crippen molar-refractivity contribution >= 4 is 21.4 Å². The SMILES string of the molecule is CC(C)S(=O)(=O)[C@H](C)C(=O)Nc1cc(F)ccc1F. The Kier molecular flexibility index (Phi) is 4.62. The van der Waals surface area contributed by atoms with Crippen LogP contribution in [0.2, 0.25) is 0 Å². The van der Waals surface area contributed by atoms with Gasteiger partial charge in [0, 0.05) is 6.07 Å². The van der Waals surface area contributed by atoms with Gasteiger partial charge >= 0.3 is 0 Å². The molecule has 1 amide bonds. The number of hydrogen-bond acceptors (Lipinski definition) is 3. The van der Waals surface area contributed by atoms with Crippen LogP contribution in [0.5, 0.6) is 0 Å². The van der Waals surface area contributed by atoms with E-state index in [4.69, 9.17) is 0 Å². The summed E-state index contributed by atoms with van der Waals surface area (Å²) in [6.45, 7) is 4.10. The van der Waals surface area contributed by atoms with Crippen LogP contribution in [-0.2, 0) is 14.6 Å². The van der Waals surface area contributed by atoms with Gasteiger partial charge in [0.15, 0.2) is 9.84 Å². The van der Waals surface area contributed by atoms with Crippen molar-refractivity contribution in [3.8, 4) is 0 Å². The molecule has 0 saturated carbocycles. The molecular weight excluding hydrogens is 276 g/mol. The quantitative estimate of drug-likeness (QED) is 0.924. The maximum Gasteiger partial charge on any atom is 0.242 e. The second-order valence-electron chi connectivity index (χ2n) is 4.39. The average molecular weight is 291 g/mol. The van der Waals surface area contributed by atoms with Gasteiger partial charge in [-0.25, -0.2) is 17.2 Å². The number of hydrogen-bond donors (Lipinski definition) is 1. The van der Waals surface area contributed by atoms with Crippen LogP contribution in [0.4, 0.5) is 14.5 Å². The highest BCUT2D eigenvalue weighted by Crippen LogP contribution is 2.17. The van der Waals surface area contributed by atoms with Crippen LogP contribution < -0.4 is 5.32 Å². The number of sulfone groups is 1. The molecule has 0 radical (unpaired) electrons. The Morgan fingerprint density at radius 3 is 2.32 bits per heavy atom. The zero-order valence-electron chi connectivity index (χ0n) is 10.8. The highest BCUT2D eigenvalue weighted by Gasteiger charge is 2.31. The van der Waals surface area contributed by atoms with Crippen LogP contribution in [0.15, 0.2) is 18.2 Å². The second-order valence-corrected chi connectivity index (χ2v) is 7.22. The molecule has 0 aliphatic rings. The topological polar surface area (TPSA) is 63.2 Å². The summed E-state index contributed by atoms with van der Waals surface area (Å²) < 4.78 is 49.8. The lowest BCUT2D eigenvalue weighted by Crippen LogP contribution is -2.36. The standard InChI is InChI=1S/C12H15F2NO3S/c1-7(2)19(17,18)8(3)12(16)15-11-6-9(13)4-5-10(11)14/h4-8H,1-3H3,(H,15,16)/t8-/m1/s1. The third kappa shape index (κ3) is 3.50. The number of benzene rings is 1. The molecule has 0 aliphatic heterocycles. The van der Waals surface area contributed by atoms with E-state index in [0.717, 1.165) is 18.2 Å². The van der Waals surface area contributed by atoms with Crippen LogP contribution in [0.1, 0.15) is 20.8 Å². The van der Waals surface area contributed by atoms with Crippen molar-refractivity contribution < 1.29 is 22.0 Å². The number of amides is 1. The van der Waals surface area contributed by atoms with Gasteiger partial charge in [-0.05, 0) is 32.9 Å². The van der Waals surface area contributed by atoms with Crippen molar-refractivity contribution in [2.45, 2.75) is 31.3 Å². The largest absolute Gasteiger partial charge is 0.322 e. The first-order valence-electron chi connectivity index (χ1n) is 5.65. The lowest BCUT2D eigenvalue weighted by Gasteiger charge is -2.15. The predicted molar refractivity (Wildman–Crippen MR) is 68.5 cm³/mol. The molecule has 1 rings (SSSR count).